The summed E-state index contributed by atoms with van der Waals surface area (Å²) in [6, 6.07) is 3.85. The number of ether oxygens (including phenoxy) is 2. The van der Waals surface area contributed by atoms with E-state index in [2.05, 4.69) is 22.6 Å². The summed E-state index contributed by atoms with van der Waals surface area (Å²) < 4.78 is 11.8. The normalized spacial score (nSPS) is 19.5. The molecule has 70 valence electrons. The van der Waals surface area contributed by atoms with E-state index in [1.165, 1.54) is 0 Å². The van der Waals surface area contributed by atoms with E-state index in [-0.39, 0.29) is 6.04 Å². The molecule has 1 atom stereocenters. The van der Waals surface area contributed by atoms with E-state index < -0.39 is 0 Å². The predicted octanol–water partition coefficient (Wildman–Crippen LogP) is 1.69. The minimum atomic E-state index is -0.0559. The third kappa shape index (κ3) is 1.38. The highest BCUT2D eigenvalue weighted by atomic mass is 127. The molecular weight excluding hydrogens is 281 g/mol. The van der Waals surface area contributed by atoms with Crippen molar-refractivity contribution >= 4 is 22.6 Å². The number of benzene rings is 1. The first kappa shape index (κ1) is 9.08. The molecule has 0 saturated carbocycles. The zero-order valence-electron chi connectivity index (χ0n) is 7.21. The zero-order valence-corrected chi connectivity index (χ0v) is 9.37. The third-order valence-corrected chi connectivity index (χ3v) is 2.95. The zero-order chi connectivity index (χ0) is 9.42. The van der Waals surface area contributed by atoms with Crippen molar-refractivity contribution in [2.75, 3.05) is 13.7 Å². The molecule has 1 aliphatic rings. The van der Waals surface area contributed by atoms with Crippen molar-refractivity contribution in [3.8, 4) is 11.5 Å². The molecule has 0 radical (unpaired) electrons. The van der Waals surface area contributed by atoms with Crippen LogP contribution in [-0.2, 0) is 0 Å². The Kier molecular flexibility index (Phi) is 2.33. The van der Waals surface area contributed by atoms with Gasteiger partial charge in [-0.3, -0.25) is 0 Å². The monoisotopic (exact) mass is 291 g/mol. The first-order chi connectivity index (χ1) is 6.24. The molecule has 0 saturated heterocycles. The molecule has 13 heavy (non-hydrogen) atoms. The van der Waals surface area contributed by atoms with Crippen LogP contribution in [0.5, 0.6) is 11.5 Å². The van der Waals surface area contributed by atoms with Crippen molar-refractivity contribution in [3.63, 3.8) is 0 Å². The van der Waals surface area contributed by atoms with Crippen LogP contribution < -0.4 is 15.2 Å². The molecule has 0 aliphatic carbocycles. The molecule has 0 aromatic heterocycles. The maximum Gasteiger partial charge on any atom is 0.140 e. The van der Waals surface area contributed by atoms with E-state index in [4.69, 9.17) is 15.2 Å². The molecule has 3 nitrogen and oxygen atoms in total. The lowest BCUT2D eigenvalue weighted by Gasteiger charge is -2.09. The Morgan fingerprint density at radius 2 is 2.38 bits per heavy atom. The lowest BCUT2D eigenvalue weighted by Crippen LogP contribution is -2.12. The van der Waals surface area contributed by atoms with Gasteiger partial charge in [0.25, 0.3) is 0 Å². The number of halogens is 1. The first-order valence-corrected chi connectivity index (χ1v) is 5.06. The third-order valence-electron chi connectivity index (χ3n) is 2.10. The van der Waals surface area contributed by atoms with Gasteiger partial charge in [0.1, 0.15) is 18.1 Å². The molecule has 1 heterocycles. The van der Waals surface area contributed by atoms with Crippen LogP contribution in [0.4, 0.5) is 0 Å². The molecule has 1 aromatic carbocycles. The standard InChI is InChI=1S/C9H10INO2/c1-12-9-5(10)2-3-7-8(9)6(11)4-13-7/h2-3,6H,4,11H2,1H3/t6-/m1/s1. The summed E-state index contributed by atoms with van der Waals surface area (Å²) in [6.07, 6.45) is 0. The van der Waals surface area contributed by atoms with Gasteiger partial charge >= 0.3 is 0 Å². The second kappa shape index (κ2) is 3.34. The highest BCUT2D eigenvalue weighted by Gasteiger charge is 2.26. The smallest absolute Gasteiger partial charge is 0.140 e. The van der Waals surface area contributed by atoms with Crippen molar-refractivity contribution in [1.82, 2.24) is 0 Å². The lowest BCUT2D eigenvalue weighted by molar-refractivity contribution is 0.333. The van der Waals surface area contributed by atoms with Crippen LogP contribution >= 0.6 is 22.6 Å². The largest absolute Gasteiger partial charge is 0.495 e. The van der Waals surface area contributed by atoms with Crippen molar-refractivity contribution < 1.29 is 9.47 Å². The molecule has 0 spiro atoms. The fourth-order valence-corrected chi connectivity index (χ4v) is 2.19. The number of fused-ring (bicyclic) bond motifs is 1. The van der Waals surface area contributed by atoms with Crippen molar-refractivity contribution in [2.24, 2.45) is 5.73 Å². The van der Waals surface area contributed by atoms with Gasteiger partial charge < -0.3 is 15.2 Å². The second-order valence-electron chi connectivity index (χ2n) is 2.91. The maximum absolute atomic E-state index is 5.88. The van der Waals surface area contributed by atoms with E-state index in [0.717, 1.165) is 20.6 Å². The van der Waals surface area contributed by atoms with Gasteiger partial charge in [0.15, 0.2) is 0 Å². The van der Waals surface area contributed by atoms with Crippen LogP contribution in [0.2, 0.25) is 0 Å². The van der Waals surface area contributed by atoms with Crippen LogP contribution in [0.1, 0.15) is 11.6 Å². The summed E-state index contributed by atoms with van der Waals surface area (Å²) in [5.74, 6) is 1.70. The van der Waals surface area contributed by atoms with Gasteiger partial charge in [-0.1, -0.05) is 0 Å². The van der Waals surface area contributed by atoms with E-state index in [1.807, 2.05) is 12.1 Å². The van der Waals surface area contributed by atoms with Crippen LogP contribution in [0.15, 0.2) is 12.1 Å². The Balaban J connectivity index is 2.60. The maximum atomic E-state index is 5.88. The minimum absolute atomic E-state index is 0.0559. The number of methoxy groups -OCH3 is 1. The lowest BCUT2D eigenvalue weighted by atomic mass is 10.1. The Labute approximate surface area is 90.3 Å². The molecule has 1 aromatic rings. The topological polar surface area (TPSA) is 44.5 Å². The van der Waals surface area contributed by atoms with Crippen LogP contribution in [-0.4, -0.2) is 13.7 Å². The van der Waals surface area contributed by atoms with Gasteiger partial charge in [0.05, 0.1) is 22.3 Å². The van der Waals surface area contributed by atoms with E-state index in [9.17, 15) is 0 Å². The Morgan fingerprint density at radius 1 is 1.62 bits per heavy atom. The van der Waals surface area contributed by atoms with Gasteiger partial charge in [0, 0.05) is 0 Å². The average Bonchev–Trinajstić information content (AvgIpc) is 2.49. The highest BCUT2D eigenvalue weighted by Crippen LogP contribution is 2.40. The molecule has 2 rings (SSSR count). The van der Waals surface area contributed by atoms with Crippen molar-refractivity contribution in [1.29, 1.82) is 0 Å². The Morgan fingerprint density at radius 3 is 3.08 bits per heavy atom. The van der Waals surface area contributed by atoms with Crippen LogP contribution in [0.25, 0.3) is 0 Å². The fraction of sp³-hybridized carbons (Fsp3) is 0.333. The van der Waals surface area contributed by atoms with E-state index >= 15 is 0 Å². The molecule has 0 unspecified atom stereocenters. The minimum Gasteiger partial charge on any atom is -0.495 e. The van der Waals surface area contributed by atoms with Crippen LogP contribution in [0.3, 0.4) is 0 Å². The molecule has 1 aliphatic heterocycles. The summed E-state index contributed by atoms with van der Waals surface area (Å²) in [4.78, 5) is 0. The quantitative estimate of drug-likeness (QED) is 0.801. The first-order valence-electron chi connectivity index (χ1n) is 3.99. The molecule has 4 heteroatoms. The van der Waals surface area contributed by atoms with Crippen molar-refractivity contribution in [3.05, 3.63) is 21.3 Å². The molecular formula is C9H10INO2. The highest BCUT2D eigenvalue weighted by molar-refractivity contribution is 14.1. The Hall–Kier alpha value is -0.490. The number of hydrogen-bond acceptors (Lipinski definition) is 3. The summed E-state index contributed by atoms with van der Waals surface area (Å²) >= 11 is 2.23. The van der Waals surface area contributed by atoms with E-state index in [1.54, 1.807) is 7.11 Å². The van der Waals surface area contributed by atoms with Gasteiger partial charge in [0.2, 0.25) is 0 Å². The van der Waals surface area contributed by atoms with Gasteiger partial charge in [-0.15, -0.1) is 0 Å². The summed E-state index contributed by atoms with van der Waals surface area (Å²) in [6.45, 7) is 0.547. The number of hydrogen-bond donors (Lipinski definition) is 1. The molecule has 0 amide bonds. The van der Waals surface area contributed by atoms with Gasteiger partial charge in [-0.25, -0.2) is 0 Å². The molecule has 0 bridgehead atoms. The summed E-state index contributed by atoms with van der Waals surface area (Å²) in [5, 5.41) is 0. The number of rotatable bonds is 1. The SMILES string of the molecule is COc1c(I)ccc2c1[C@H](N)CO2. The van der Waals surface area contributed by atoms with Gasteiger partial charge in [-0.05, 0) is 34.7 Å². The fourth-order valence-electron chi connectivity index (χ4n) is 1.50. The van der Waals surface area contributed by atoms with E-state index in [0.29, 0.717) is 6.61 Å². The Bertz CT molecular complexity index is 341. The molecule has 0 fully saturated rings. The summed E-state index contributed by atoms with van der Waals surface area (Å²) in [7, 11) is 1.66. The van der Waals surface area contributed by atoms with Crippen molar-refractivity contribution in [2.45, 2.75) is 6.04 Å². The van der Waals surface area contributed by atoms with Gasteiger partial charge in [-0.2, -0.15) is 0 Å². The number of nitrogens with two attached hydrogens (primary N) is 1. The second-order valence-corrected chi connectivity index (χ2v) is 4.07. The molecule has 2 N–H and O–H groups in total. The predicted molar refractivity (Wildman–Crippen MR) is 58.1 cm³/mol. The summed E-state index contributed by atoms with van der Waals surface area (Å²) in [5.41, 5.74) is 6.88. The van der Waals surface area contributed by atoms with Crippen LogP contribution in [0, 0.1) is 3.57 Å². The average molecular weight is 291 g/mol.